The van der Waals surface area contributed by atoms with E-state index in [4.69, 9.17) is 41.8 Å². The average Bonchev–Trinajstić information content (AvgIpc) is 2.94. The molecule has 0 saturated heterocycles. The van der Waals surface area contributed by atoms with Crippen LogP contribution in [0.2, 0.25) is 10.0 Å². The summed E-state index contributed by atoms with van der Waals surface area (Å²) in [6.45, 7) is 2.16. The summed E-state index contributed by atoms with van der Waals surface area (Å²) in [7, 11) is 0. The van der Waals surface area contributed by atoms with Gasteiger partial charge in [-0.3, -0.25) is 4.79 Å². The van der Waals surface area contributed by atoms with E-state index < -0.39 is 5.97 Å². The highest BCUT2D eigenvalue weighted by Gasteiger charge is 2.12. The van der Waals surface area contributed by atoms with Crippen LogP contribution in [0.1, 0.15) is 16.7 Å². The fourth-order valence-corrected chi connectivity index (χ4v) is 4.35. The van der Waals surface area contributed by atoms with Gasteiger partial charge < -0.3 is 18.6 Å². The molecule has 0 N–H and O–H groups in total. The van der Waals surface area contributed by atoms with Gasteiger partial charge in [-0.05, 0) is 72.7 Å². The Morgan fingerprint density at radius 1 is 0.875 bits per heavy atom. The van der Waals surface area contributed by atoms with Crippen LogP contribution in [0.25, 0.3) is 17.0 Å². The van der Waals surface area contributed by atoms with Crippen molar-refractivity contribution in [2.45, 2.75) is 13.5 Å². The van der Waals surface area contributed by atoms with Gasteiger partial charge in [0.2, 0.25) is 11.2 Å². The zero-order valence-electron chi connectivity index (χ0n) is 21.2. The Labute approximate surface area is 239 Å². The molecule has 0 radical (unpaired) electrons. The quantitative estimate of drug-likeness (QED) is 0.105. The van der Waals surface area contributed by atoms with Crippen molar-refractivity contribution >= 4 is 46.2 Å². The van der Waals surface area contributed by atoms with Crippen molar-refractivity contribution < 1.29 is 23.4 Å². The van der Waals surface area contributed by atoms with E-state index in [2.05, 4.69) is 0 Å². The van der Waals surface area contributed by atoms with E-state index in [-0.39, 0.29) is 29.1 Å². The first-order chi connectivity index (χ1) is 19.4. The maximum Gasteiger partial charge on any atom is 0.336 e. The van der Waals surface area contributed by atoms with E-state index in [9.17, 15) is 9.59 Å². The number of rotatable bonds is 8. The summed E-state index contributed by atoms with van der Waals surface area (Å²) in [5.41, 5.74) is 2.42. The van der Waals surface area contributed by atoms with E-state index in [1.165, 1.54) is 30.5 Å². The van der Waals surface area contributed by atoms with Gasteiger partial charge in [-0.15, -0.1) is 0 Å². The van der Waals surface area contributed by atoms with Crippen LogP contribution in [-0.4, -0.2) is 5.97 Å². The number of hydrogen-bond donors (Lipinski definition) is 0. The predicted molar refractivity (Wildman–Crippen MR) is 156 cm³/mol. The van der Waals surface area contributed by atoms with Crippen LogP contribution in [0, 0.1) is 6.92 Å². The molecule has 0 spiro atoms. The Hall–Kier alpha value is -4.52. The van der Waals surface area contributed by atoms with Gasteiger partial charge in [0.05, 0.1) is 5.39 Å². The smallest absolute Gasteiger partial charge is 0.336 e. The minimum atomic E-state index is -0.588. The fraction of sp³-hybridized carbons (Fsp3) is 0.0625. The molecule has 0 aliphatic heterocycles. The molecule has 40 heavy (non-hydrogen) atoms. The molecule has 0 saturated carbocycles. The number of ether oxygens (including phenoxy) is 3. The number of esters is 1. The summed E-state index contributed by atoms with van der Waals surface area (Å²) in [6, 6.07) is 24.3. The van der Waals surface area contributed by atoms with Crippen LogP contribution < -0.4 is 19.6 Å². The van der Waals surface area contributed by atoms with Crippen molar-refractivity contribution in [2.75, 3.05) is 0 Å². The predicted octanol–water partition coefficient (Wildman–Crippen LogP) is 8.40. The van der Waals surface area contributed by atoms with Crippen LogP contribution in [0.4, 0.5) is 0 Å². The van der Waals surface area contributed by atoms with Gasteiger partial charge >= 0.3 is 5.97 Å². The lowest BCUT2D eigenvalue weighted by Crippen LogP contribution is -2.06. The first-order valence-corrected chi connectivity index (χ1v) is 13.0. The molecule has 200 valence electrons. The van der Waals surface area contributed by atoms with Crippen LogP contribution >= 0.6 is 23.2 Å². The van der Waals surface area contributed by atoms with Crippen LogP contribution in [-0.2, 0) is 11.4 Å². The topological polar surface area (TPSA) is 75.0 Å². The molecule has 8 heteroatoms. The van der Waals surface area contributed by atoms with E-state index in [1.54, 1.807) is 54.6 Å². The highest BCUT2D eigenvalue weighted by Crippen LogP contribution is 2.27. The van der Waals surface area contributed by atoms with Gasteiger partial charge in [0.25, 0.3) is 0 Å². The molecular formula is C32H22Cl2O6. The molecule has 1 heterocycles. The SMILES string of the molecule is Cc1cccc(Oc2coc3cc(OC(=O)/C=C/c4ccc(OCc5c(Cl)cccc5Cl)cc4)ccc3c2=O)c1. The second kappa shape index (κ2) is 12.1. The number of halogens is 2. The second-order valence-corrected chi connectivity index (χ2v) is 9.63. The third kappa shape index (κ3) is 6.54. The Morgan fingerprint density at radius 2 is 1.60 bits per heavy atom. The number of benzene rings is 4. The summed E-state index contributed by atoms with van der Waals surface area (Å²) >= 11 is 12.4. The van der Waals surface area contributed by atoms with Crippen molar-refractivity contribution in [3.8, 4) is 23.0 Å². The molecule has 6 nitrogen and oxygen atoms in total. The summed E-state index contributed by atoms with van der Waals surface area (Å²) in [5.74, 6) is 0.873. The van der Waals surface area contributed by atoms with Crippen molar-refractivity contribution in [1.82, 2.24) is 0 Å². The third-order valence-corrected chi connectivity index (χ3v) is 6.60. The first-order valence-electron chi connectivity index (χ1n) is 12.2. The molecule has 0 bridgehead atoms. The van der Waals surface area contributed by atoms with E-state index >= 15 is 0 Å². The molecule has 0 unspecified atom stereocenters. The second-order valence-electron chi connectivity index (χ2n) is 8.82. The van der Waals surface area contributed by atoms with Gasteiger partial charge in [0, 0.05) is 27.8 Å². The van der Waals surface area contributed by atoms with Crippen LogP contribution in [0.15, 0.2) is 106 Å². The van der Waals surface area contributed by atoms with Gasteiger partial charge in [-0.25, -0.2) is 4.79 Å². The van der Waals surface area contributed by atoms with E-state index in [0.29, 0.717) is 32.5 Å². The lowest BCUT2D eigenvalue weighted by Gasteiger charge is -2.09. The Morgan fingerprint density at radius 3 is 2.35 bits per heavy atom. The van der Waals surface area contributed by atoms with Gasteiger partial charge in [-0.1, -0.05) is 53.5 Å². The monoisotopic (exact) mass is 572 g/mol. The summed E-state index contributed by atoms with van der Waals surface area (Å²) < 4.78 is 22.5. The number of carbonyl (C=O) groups excluding carboxylic acids is 1. The van der Waals surface area contributed by atoms with E-state index in [0.717, 1.165) is 11.1 Å². The summed E-state index contributed by atoms with van der Waals surface area (Å²) in [4.78, 5) is 25.2. The van der Waals surface area contributed by atoms with Crippen molar-refractivity contribution in [3.05, 3.63) is 134 Å². The van der Waals surface area contributed by atoms with Crippen molar-refractivity contribution in [2.24, 2.45) is 0 Å². The zero-order chi connectivity index (χ0) is 28.1. The Bertz CT molecular complexity index is 1750. The normalized spacial score (nSPS) is 11.1. The maximum atomic E-state index is 12.9. The van der Waals surface area contributed by atoms with Crippen molar-refractivity contribution in [1.29, 1.82) is 0 Å². The summed E-state index contributed by atoms with van der Waals surface area (Å²) in [5, 5.41) is 1.38. The minimum absolute atomic E-state index is 0.0647. The fourth-order valence-electron chi connectivity index (χ4n) is 3.85. The Kier molecular flexibility index (Phi) is 8.20. The molecule has 4 aromatic carbocycles. The van der Waals surface area contributed by atoms with Gasteiger partial charge in [0.15, 0.2) is 0 Å². The van der Waals surface area contributed by atoms with Crippen LogP contribution in [0.5, 0.6) is 23.0 Å². The molecule has 0 atom stereocenters. The molecule has 1 aromatic heterocycles. The molecule has 5 aromatic rings. The molecule has 0 fully saturated rings. The standard InChI is InChI=1S/C32H22Cl2O6/c1-20-4-2-5-23(16-20)39-30-19-38-29-17-24(13-14-25(29)32(30)36)40-31(35)15-10-21-8-11-22(12-9-21)37-18-26-27(33)6-3-7-28(26)34/h2-17,19H,18H2,1H3/b15-10+. The highest BCUT2D eigenvalue weighted by atomic mass is 35.5. The lowest BCUT2D eigenvalue weighted by molar-refractivity contribution is -0.128. The molecule has 5 rings (SSSR count). The van der Waals surface area contributed by atoms with E-state index in [1.807, 2.05) is 25.1 Å². The Balaban J connectivity index is 1.20. The molecule has 0 aliphatic rings. The molecular weight excluding hydrogens is 551 g/mol. The van der Waals surface area contributed by atoms with Gasteiger partial charge in [0.1, 0.15) is 35.7 Å². The lowest BCUT2D eigenvalue weighted by atomic mass is 10.2. The minimum Gasteiger partial charge on any atom is -0.489 e. The average molecular weight is 573 g/mol. The van der Waals surface area contributed by atoms with Crippen molar-refractivity contribution in [3.63, 3.8) is 0 Å². The number of hydrogen-bond acceptors (Lipinski definition) is 6. The largest absolute Gasteiger partial charge is 0.489 e. The zero-order valence-corrected chi connectivity index (χ0v) is 22.7. The third-order valence-electron chi connectivity index (χ3n) is 5.89. The number of fused-ring (bicyclic) bond motifs is 1. The number of carbonyl (C=O) groups is 1. The van der Waals surface area contributed by atoms with Crippen LogP contribution in [0.3, 0.4) is 0 Å². The number of aryl methyl sites for hydroxylation is 1. The summed E-state index contributed by atoms with van der Waals surface area (Å²) in [6.07, 6.45) is 4.17. The molecule has 0 amide bonds. The van der Waals surface area contributed by atoms with Gasteiger partial charge in [-0.2, -0.15) is 0 Å². The highest BCUT2D eigenvalue weighted by molar-refractivity contribution is 6.35. The molecule has 0 aliphatic carbocycles. The maximum absolute atomic E-state index is 12.9. The first kappa shape index (κ1) is 27.1.